The van der Waals surface area contributed by atoms with Gasteiger partial charge in [-0.05, 0) is 11.1 Å². The molecule has 16 heavy (non-hydrogen) atoms. The van der Waals surface area contributed by atoms with Gasteiger partial charge in [0.1, 0.15) is 5.82 Å². The van der Waals surface area contributed by atoms with E-state index in [1.807, 2.05) is 29.9 Å². The van der Waals surface area contributed by atoms with Crippen LogP contribution in [0.5, 0.6) is 0 Å². The number of nitrogens with zero attached hydrogens (tertiary/aromatic N) is 3. The number of aryl methyl sites for hydroxylation is 1. The van der Waals surface area contributed by atoms with Gasteiger partial charge in [0.05, 0.1) is 12.5 Å². The monoisotopic (exact) mass is 211 g/mol. The highest BCUT2D eigenvalue weighted by Gasteiger charge is 2.01. The molecular weight excluding hydrogens is 198 g/mol. The van der Waals surface area contributed by atoms with Gasteiger partial charge < -0.3 is 4.57 Å². The Hall–Kier alpha value is -2.08. The van der Waals surface area contributed by atoms with E-state index in [0.29, 0.717) is 6.42 Å². The van der Waals surface area contributed by atoms with Gasteiger partial charge in [-0.2, -0.15) is 5.26 Å². The van der Waals surface area contributed by atoms with E-state index in [1.165, 1.54) is 5.56 Å². The highest BCUT2D eigenvalue weighted by Crippen LogP contribution is 2.09. The third kappa shape index (κ3) is 2.29. The lowest BCUT2D eigenvalue weighted by Gasteiger charge is -2.02. The van der Waals surface area contributed by atoms with Gasteiger partial charge in [0.2, 0.25) is 0 Å². The summed E-state index contributed by atoms with van der Waals surface area (Å²) in [6, 6.07) is 10.3. The zero-order valence-electron chi connectivity index (χ0n) is 9.22. The van der Waals surface area contributed by atoms with Crippen LogP contribution >= 0.6 is 0 Å². The number of benzene rings is 1. The number of aromatic nitrogens is 2. The minimum Gasteiger partial charge on any atom is -0.338 e. The summed E-state index contributed by atoms with van der Waals surface area (Å²) >= 11 is 0. The van der Waals surface area contributed by atoms with Crippen LogP contribution in [0.2, 0.25) is 0 Å². The Morgan fingerprint density at radius 2 is 1.94 bits per heavy atom. The van der Waals surface area contributed by atoms with Gasteiger partial charge in [-0.25, -0.2) is 4.98 Å². The number of hydrogen-bond acceptors (Lipinski definition) is 2. The molecule has 0 spiro atoms. The quantitative estimate of drug-likeness (QED) is 0.780. The van der Waals surface area contributed by atoms with Gasteiger partial charge in [0.25, 0.3) is 0 Å². The van der Waals surface area contributed by atoms with Crippen molar-refractivity contribution in [2.45, 2.75) is 12.8 Å². The average molecular weight is 211 g/mol. The molecule has 0 unspecified atom stereocenters. The second-order valence-corrected chi connectivity index (χ2v) is 3.78. The molecule has 3 nitrogen and oxygen atoms in total. The van der Waals surface area contributed by atoms with E-state index in [-0.39, 0.29) is 0 Å². The van der Waals surface area contributed by atoms with Crippen LogP contribution in [0.3, 0.4) is 0 Å². The highest BCUT2D eigenvalue weighted by molar-refractivity contribution is 5.26. The normalized spacial score (nSPS) is 10.0. The van der Waals surface area contributed by atoms with Crippen molar-refractivity contribution < 1.29 is 0 Å². The van der Waals surface area contributed by atoms with E-state index in [0.717, 1.165) is 17.8 Å². The Labute approximate surface area is 95.0 Å². The second-order valence-electron chi connectivity index (χ2n) is 3.78. The Bertz CT molecular complexity index is 503. The molecule has 1 aromatic carbocycles. The number of rotatable bonds is 3. The van der Waals surface area contributed by atoms with Crippen LogP contribution in [-0.4, -0.2) is 9.55 Å². The summed E-state index contributed by atoms with van der Waals surface area (Å²) in [6.07, 6.45) is 5.05. The third-order valence-corrected chi connectivity index (χ3v) is 2.59. The van der Waals surface area contributed by atoms with Crippen molar-refractivity contribution in [3.8, 4) is 6.07 Å². The second kappa shape index (κ2) is 4.63. The SMILES string of the molecule is Cn1ccnc1Cc1ccc(CC#N)cc1. The molecule has 2 aromatic rings. The molecule has 1 heterocycles. The molecule has 1 aromatic heterocycles. The molecule has 0 saturated heterocycles. The zero-order valence-corrected chi connectivity index (χ0v) is 9.22. The van der Waals surface area contributed by atoms with Gasteiger partial charge in [-0.3, -0.25) is 0 Å². The third-order valence-electron chi connectivity index (χ3n) is 2.59. The van der Waals surface area contributed by atoms with Crippen LogP contribution in [0.4, 0.5) is 0 Å². The topological polar surface area (TPSA) is 41.6 Å². The lowest BCUT2D eigenvalue weighted by molar-refractivity contribution is 0.821. The van der Waals surface area contributed by atoms with E-state index < -0.39 is 0 Å². The first-order valence-corrected chi connectivity index (χ1v) is 5.20. The van der Waals surface area contributed by atoms with Gasteiger partial charge >= 0.3 is 0 Å². The van der Waals surface area contributed by atoms with Crippen molar-refractivity contribution in [3.05, 3.63) is 53.6 Å². The predicted molar refractivity (Wildman–Crippen MR) is 61.8 cm³/mol. The summed E-state index contributed by atoms with van der Waals surface area (Å²) < 4.78 is 2.02. The van der Waals surface area contributed by atoms with Gasteiger partial charge in [-0.1, -0.05) is 24.3 Å². The summed E-state index contributed by atoms with van der Waals surface area (Å²) in [5, 5.41) is 8.57. The number of hydrogen-bond donors (Lipinski definition) is 0. The first-order chi connectivity index (χ1) is 7.79. The van der Waals surface area contributed by atoms with Gasteiger partial charge in [0, 0.05) is 25.9 Å². The highest BCUT2D eigenvalue weighted by atomic mass is 15.0. The first-order valence-electron chi connectivity index (χ1n) is 5.20. The predicted octanol–water partition coefficient (Wildman–Crippen LogP) is 2.08. The standard InChI is InChI=1S/C13H13N3/c1-16-9-8-15-13(16)10-12-4-2-11(3-5-12)6-7-14/h2-5,8-9H,6,10H2,1H3. The summed E-state index contributed by atoms with van der Waals surface area (Å²) in [7, 11) is 1.99. The molecule has 0 fully saturated rings. The lowest BCUT2D eigenvalue weighted by atomic mass is 10.1. The van der Waals surface area contributed by atoms with Crippen LogP contribution in [0.15, 0.2) is 36.7 Å². The van der Waals surface area contributed by atoms with E-state index in [9.17, 15) is 0 Å². The fourth-order valence-electron chi connectivity index (χ4n) is 1.62. The fourth-order valence-corrected chi connectivity index (χ4v) is 1.62. The molecule has 0 aliphatic heterocycles. The molecule has 3 heteroatoms. The van der Waals surface area contributed by atoms with Gasteiger partial charge in [0.15, 0.2) is 0 Å². The number of imidazole rings is 1. The molecule has 0 aliphatic rings. The van der Waals surface area contributed by atoms with Crippen molar-refractivity contribution in [2.75, 3.05) is 0 Å². The Morgan fingerprint density at radius 3 is 2.50 bits per heavy atom. The molecule has 80 valence electrons. The van der Waals surface area contributed by atoms with Crippen LogP contribution in [0.25, 0.3) is 0 Å². The van der Waals surface area contributed by atoms with Crippen molar-refractivity contribution >= 4 is 0 Å². The van der Waals surface area contributed by atoms with E-state index in [4.69, 9.17) is 5.26 Å². The van der Waals surface area contributed by atoms with E-state index >= 15 is 0 Å². The maximum absolute atomic E-state index is 8.57. The van der Waals surface area contributed by atoms with Crippen LogP contribution < -0.4 is 0 Å². The molecule has 0 N–H and O–H groups in total. The summed E-state index contributed by atoms with van der Waals surface area (Å²) in [5.74, 6) is 1.05. The Morgan fingerprint density at radius 1 is 1.25 bits per heavy atom. The molecule has 0 amide bonds. The maximum Gasteiger partial charge on any atom is 0.112 e. The minimum atomic E-state index is 0.475. The van der Waals surface area contributed by atoms with Crippen LogP contribution in [0.1, 0.15) is 17.0 Å². The van der Waals surface area contributed by atoms with Crippen molar-refractivity contribution in [3.63, 3.8) is 0 Å². The average Bonchev–Trinajstić information content (AvgIpc) is 2.68. The summed E-state index contributed by atoms with van der Waals surface area (Å²) in [4.78, 5) is 4.28. The van der Waals surface area contributed by atoms with E-state index in [1.54, 1.807) is 6.20 Å². The van der Waals surface area contributed by atoms with Crippen LogP contribution in [0, 0.1) is 11.3 Å². The largest absolute Gasteiger partial charge is 0.338 e. The molecule has 0 bridgehead atoms. The molecule has 0 radical (unpaired) electrons. The summed E-state index contributed by atoms with van der Waals surface area (Å²) in [6.45, 7) is 0. The fraction of sp³-hybridized carbons (Fsp3) is 0.231. The lowest BCUT2D eigenvalue weighted by Crippen LogP contribution is -1.98. The maximum atomic E-state index is 8.57. The first kappa shape index (κ1) is 10.4. The Kier molecular flexibility index (Phi) is 3.02. The van der Waals surface area contributed by atoms with Crippen molar-refractivity contribution in [1.29, 1.82) is 5.26 Å². The smallest absolute Gasteiger partial charge is 0.112 e. The number of nitriles is 1. The molecule has 2 rings (SSSR count). The zero-order chi connectivity index (χ0) is 11.4. The van der Waals surface area contributed by atoms with E-state index in [2.05, 4.69) is 23.2 Å². The Balaban J connectivity index is 2.12. The molecule has 0 atom stereocenters. The van der Waals surface area contributed by atoms with Crippen molar-refractivity contribution in [1.82, 2.24) is 9.55 Å². The molecule has 0 aliphatic carbocycles. The van der Waals surface area contributed by atoms with Crippen molar-refractivity contribution in [2.24, 2.45) is 7.05 Å². The minimum absolute atomic E-state index is 0.475. The molecule has 0 saturated carbocycles. The van der Waals surface area contributed by atoms with Crippen LogP contribution in [-0.2, 0) is 19.9 Å². The van der Waals surface area contributed by atoms with Gasteiger partial charge in [-0.15, -0.1) is 0 Å². The summed E-state index contributed by atoms with van der Waals surface area (Å²) in [5.41, 5.74) is 2.28. The molecular formula is C13H13N3.